The molecule has 0 amide bonds. The highest BCUT2D eigenvalue weighted by atomic mass is 19.1. The number of β-amino-alcohol motifs (C(OH)–C–C–N with tert-alkyl or cyclic N) is 1. The van der Waals surface area contributed by atoms with Gasteiger partial charge < -0.3 is 15.3 Å². The maximum absolute atomic E-state index is 14.1. The van der Waals surface area contributed by atoms with Crippen LogP contribution in [0.5, 0.6) is 0 Å². The summed E-state index contributed by atoms with van der Waals surface area (Å²) in [5.41, 5.74) is 1.63. The summed E-state index contributed by atoms with van der Waals surface area (Å²) in [4.78, 5) is 2.10. The van der Waals surface area contributed by atoms with Crippen molar-refractivity contribution in [3.8, 4) is 0 Å². The first kappa shape index (κ1) is 15.3. The number of nitrogens with one attached hydrogen (secondary N) is 1. The van der Waals surface area contributed by atoms with Crippen LogP contribution in [0.25, 0.3) is 0 Å². The first-order valence-corrected chi connectivity index (χ1v) is 7.49. The van der Waals surface area contributed by atoms with E-state index in [1.54, 1.807) is 6.07 Å². The molecule has 112 valence electrons. The van der Waals surface area contributed by atoms with Crippen molar-refractivity contribution < 1.29 is 9.50 Å². The monoisotopic (exact) mass is 280 g/mol. The minimum atomic E-state index is -0.302. The molecule has 1 aliphatic rings. The van der Waals surface area contributed by atoms with Crippen LogP contribution in [0.4, 0.5) is 10.1 Å². The van der Waals surface area contributed by atoms with Crippen LogP contribution >= 0.6 is 0 Å². The largest absolute Gasteiger partial charge is 0.391 e. The Bertz CT molecular complexity index is 436. The number of hydrogen-bond donors (Lipinski definition) is 2. The van der Waals surface area contributed by atoms with E-state index in [0.29, 0.717) is 24.6 Å². The lowest BCUT2D eigenvalue weighted by Crippen LogP contribution is -2.39. The van der Waals surface area contributed by atoms with Crippen molar-refractivity contribution in [2.45, 2.75) is 39.3 Å². The first-order chi connectivity index (χ1) is 9.58. The van der Waals surface area contributed by atoms with Crippen molar-refractivity contribution in [3.63, 3.8) is 0 Å². The lowest BCUT2D eigenvalue weighted by molar-refractivity contribution is 0.154. The zero-order valence-corrected chi connectivity index (χ0v) is 12.4. The number of anilines is 1. The van der Waals surface area contributed by atoms with Crippen molar-refractivity contribution in [2.24, 2.45) is 5.92 Å². The van der Waals surface area contributed by atoms with Gasteiger partial charge in [0.25, 0.3) is 0 Å². The fourth-order valence-corrected chi connectivity index (χ4v) is 2.68. The number of aliphatic hydroxyl groups is 1. The van der Waals surface area contributed by atoms with Gasteiger partial charge in [-0.25, -0.2) is 4.39 Å². The van der Waals surface area contributed by atoms with Crippen LogP contribution in [0.3, 0.4) is 0 Å². The van der Waals surface area contributed by atoms with Crippen molar-refractivity contribution in [3.05, 3.63) is 29.6 Å². The van der Waals surface area contributed by atoms with Crippen LogP contribution < -0.4 is 10.2 Å². The molecule has 1 heterocycles. The topological polar surface area (TPSA) is 35.5 Å². The summed E-state index contributed by atoms with van der Waals surface area (Å²) in [6, 6.07) is 5.21. The summed E-state index contributed by atoms with van der Waals surface area (Å²) in [5, 5.41) is 13.1. The van der Waals surface area contributed by atoms with E-state index < -0.39 is 0 Å². The van der Waals surface area contributed by atoms with Gasteiger partial charge in [-0.15, -0.1) is 0 Å². The maximum atomic E-state index is 14.1. The van der Waals surface area contributed by atoms with E-state index in [-0.39, 0.29) is 11.9 Å². The van der Waals surface area contributed by atoms with Gasteiger partial charge >= 0.3 is 0 Å². The third-order valence-electron chi connectivity index (χ3n) is 3.69. The lowest BCUT2D eigenvalue weighted by Gasteiger charge is -2.33. The molecule has 0 saturated carbocycles. The second-order valence-electron chi connectivity index (χ2n) is 6.00. The van der Waals surface area contributed by atoms with Crippen LogP contribution in [0.2, 0.25) is 0 Å². The Hall–Kier alpha value is -1.13. The number of halogens is 1. The average molecular weight is 280 g/mol. The van der Waals surface area contributed by atoms with E-state index in [0.717, 1.165) is 31.6 Å². The molecule has 0 radical (unpaired) electrons. The van der Waals surface area contributed by atoms with Gasteiger partial charge in [0.15, 0.2) is 0 Å². The Morgan fingerprint density at radius 2 is 2.25 bits per heavy atom. The SMILES string of the molecule is CC(C)CNCc1c(F)cccc1N1CCCC(O)C1. The fourth-order valence-electron chi connectivity index (χ4n) is 2.68. The normalized spacial score (nSPS) is 19.6. The van der Waals surface area contributed by atoms with Gasteiger partial charge in [0, 0.05) is 30.9 Å². The second-order valence-corrected chi connectivity index (χ2v) is 6.00. The highest BCUT2D eigenvalue weighted by Gasteiger charge is 2.21. The van der Waals surface area contributed by atoms with Gasteiger partial charge in [-0.1, -0.05) is 19.9 Å². The van der Waals surface area contributed by atoms with Gasteiger partial charge in [0.05, 0.1) is 6.10 Å². The molecule has 0 aromatic heterocycles. The summed E-state index contributed by atoms with van der Waals surface area (Å²) in [7, 11) is 0. The van der Waals surface area contributed by atoms with E-state index in [1.165, 1.54) is 6.07 Å². The molecule has 0 spiro atoms. The summed E-state index contributed by atoms with van der Waals surface area (Å²) in [5.74, 6) is 0.376. The van der Waals surface area contributed by atoms with Gasteiger partial charge in [0.1, 0.15) is 5.82 Å². The first-order valence-electron chi connectivity index (χ1n) is 7.49. The summed E-state index contributed by atoms with van der Waals surface area (Å²) < 4.78 is 14.1. The van der Waals surface area contributed by atoms with Crippen LogP contribution in [0.1, 0.15) is 32.3 Å². The third-order valence-corrected chi connectivity index (χ3v) is 3.69. The minimum absolute atomic E-state index is 0.168. The average Bonchev–Trinajstić information content (AvgIpc) is 2.40. The molecule has 1 aliphatic heterocycles. The Morgan fingerprint density at radius 3 is 2.95 bits per heavy atom. The van der Waals surface area contributed by atoms with Gasteiger partial charge in [-0.3, -0.25) is 0 Å². The number of rotatable bonds is 5. The summed E-state index contributed by atoms with van der Waals surface area (Å²) in [6.07, 6.45) is 1.49. The molecule has 4 heteroatoms. The van der Waals surface area contributed by atoms with Crippen LogP contribution in [0, 0.1) is 11.7 Å². The third kappa shape index (κ3) is 3.93. The van der Waals surface area contributed by atoms with Crippen LogP contribution in [-0.2, 0) is 6.54 Å². The molecular formula is C16H25FN2O. The molecule has 1 unspecified atom stereocenters. The molecule has 1 saturated heterocycles. The van der Waals surface area contributed by atoms with E-state index in [9.17, 15) is 9.50 Å². The van der Waals surface area contributed by atoms with Gasteiger partial charge in [-0.2, -0.15) is 0 Å². The standard InChI is InChI=1S/C16H25FN2O/c1-12(2)9-18-10-14-15(17)6-3-7-16(14)19-8-4-5-13(20)11-19/h3,6-7,12-13,18,20H,4-5,8-11H2,1-2H3. The Morgan fingerprint density at radius 1 is 1.45 bits per heavy atom. The molecule has 0 bridgehead atoms. The molecule has 2 N–H and O–H groups in total. The van der Waals surface area contributed by atoms with Crippen molar-refractivity contribution in [2.75, 3.05) is 24.5 Å². The van der Waals surface area contributed by atoms with Crippen molar-refractivity contribution in [1.82, 2.24) is 5.32 Å². The molecule has 0 aliphatic carbocycles. The van der Waals surface area contributed by atoms with Crippen LogP contribution in [0.15, 0.2) is 18.2 Å². The maximum Gasteiger partial charge on any atom is 0.129 e. The number of hydrogen-bond acceptors (Lipinski definition) is 3. The van der Waals surface area contributed by atoms with E-state index >= 15 is 0 Å². The molecule has 1 aromatic carbocycles. The zero-order valence-electron chi connectivity index (χ0n) is 12.4. The highest BCUT2D eigenvalue weighted by Crippen LogP contribution is 2.26. The molecule has 1 atom stereocenters. The predicted octanol–water partition coefficient (Wildman–Crippen LogP) is 2.53. The number of nitrogens with zero attached hydrogens (tertiary/aromatic N) is 1. The molecule has 2 rings (SSSR count). The lowest BCUT2D eigenvalue weighted by atomic mass is 10.0. The van der Waals surface area contributed by atoms with Crippen LogP contribution in [-0.4, -0.2) is 30.8 Å². The molecule has 3 nitrogen and oxygen atoms in total. The van der Waals surface area contributed by atoms with E-state index in [2.05, 4.69) is 24.1 Å². The Balaban J connectivity index is 2.12. The number of aliphatic hydroxyl groups excluding tert-OH is 1. The van der Waals surface area contributed by atoms with Gasteiger partial charge in [-0.05, 0) is 37.4 Å². The molecule has 20 heavy (non-hydrogen) atoms. The smallest absolute Gasteiger partial charge is 0.129 e. The van der Waals surface area contributed by atoms with E-state index in [1.807, 2.05) is 6.07 Å². The van der Waals surface area contributed by atoms with Crippen molar-refractivity contribution in [1.29, 1.82) is 0 Å². The summed E-state index contributed by atoms with van der Waals surface area (Å²) in [6.45, 7) is 7.16. The molecular weight excluding hydrogens is 255 g/mol. The van der Waals surface area contributed by atoms with Crippen molar-refractivity contribution >= 4 is 5.69 Å². The molecule has 1 aromatic rings. The summed E-state index contributed by atoms with van der Waals surface area (Å²) >= 11 is 0. The fraction of sp³-hybridized carbons (Fsp3) is 0.625. The highest BCUT2D eigenvalue weighted by molar-refractivity contribution is 5.54. The molecule has 1 fully saturated rings. The Kier molecular flexibility index (Phi) is 5.38. The van der Waals surface area contributed by atoms with E-state index in [4.69, 9.17) is 0 Å². The number of benzene rings is 1. The minimum Gasteiger partial charge on any atom is -0.391 e. The zero-order chi connectivity index (χ0) is 14.5. The quantitative estimate of drug-likeness (QED) is 0.870. The van der Waals surface area contributed by atoms with Gasteiger partial charge in [0.2, 0.25) is 0 Å². The predicted molar refractivity (Wildman–Crippen MR) is 80.4 cm³/mol. The number of piperidine rings is 1. The second kappa shape index (κ2) is 7.04. The Labute approximate surface area is 120 Å².